The largest absolute Gasteiger partial charge is 0.489 e. The van der Waals surface area contributed by atoms with Gasteiger partial charge in [-0.2, -0.15) is 4.98 Å². The van der Waals surface area contributed by atoms with Crippen LogP contribution in [0.1, 0.15) is 31.0 Å². The summed E-state index contributed by atoms with van der Waals surface area (Å²) in [5, 5.41) is 8.55. The number of allylic oxidation sites excluding steroid dienone is 1. The second-order valence-corrected chi connectivity index (χ2v) is 9.65. The molecule has 1 aromatic heterocycles. The minimum atomic E-state index is -0.587. The third-order valence-corrected chi connectivity index (χ3v) is 6.38. The van der Waals surface area contributed by atoms with Crippen molar-refractivity contribution in [2.45, 2.75) is 31.7 Å². The van der Waals surface area contributed by atoms with Gasteiger partial charge in [-0.25, -0.2) is 9.48 Å². The maximum absolute atomic E-state index is 13.2. The number of nitrogens with one attached hydrogen (secondary N) is 1. The summed E-state index contributed by atoms with van der Waals surface area (Å²) in [4.78, 5) is 17.8. The summed E-state index contributed by atoms with van der Waals surface area (Å²) >= 11 is 5.11. The molecule has 34 heavy (non-hydrogen) atoms. The number of anilines is 1. The topological polar surface area (TPSA) is 78.3 Å². The molecular weight excluding hydrogens is 516 g/mol. The molecule has 7 nitrogen and oxygen atoms in total. The maximum Gasteiger partial charge on any atom is 0.338 e. The highest BCUT2D eigenvalue weighted by Crippen LogP contribution is 2.41. The molecule has 1 N–H and O–H groups in total. The van der Waals surface area contributed by atoms with Crippen molar-refractivity contribution >= 4 is 39.6 Å². The standard InChI is InChI=1S/C25H25BrN4O3S/c1-4-13-32-23(31)21-16(3)27-24-28-25(34-5-2)29-30(24)22(21)19-14-18(26)11-12-20(19)33-15-17-9-7-6-8-10-17/h4,6-12,14,22H,1,5,13,15H2,2-3H3,(H,27,28,29). The average Bonchev–Trinajstić information content (AvgIpc) is 3.23. The van der Waals surface area contributed by atoms with E-state index in [-0.39, 0.29) is 6.61 Å². The van der Waals surface area contributed by atoms with Crippen LogP contribution in [-0.4, -0.2) is 33.1 Å². The van der Waals surface area contributed by atoms with Gasteiger partial charge in [0.1, 0.15) is 25.0 Å². The Bertz CT molecular complexity index is 1230. The predicted molar refractivity (Wildman–Crippen MR) is 137 cm³/mol. The van der Waals surface area contributed by atoms with E-state index in [9.17, 15) is 4.79 Å². The monoisotopic (exact) mass is 540 g/mol. The molecule has 2 heterocycles. The van der Waals surface area contributed by atoms with Crippen molar-refractivity contribution in [3.8, 4) is 5.75 Å². The Morgan fingerprint density at radius 1 is 1.29 bits per heavy atom. The number of thioether (sulfide) groups is 1. The van der Waals surface area contributed by atoms with Gasteiger partial charge in [0, 0.05) is 15.7 Å². The van der Waals surface area contributed by atoms with Gasteiger partial charge >= 0.3 is 5.97 Å². The van der Waals surface area contributed by atoms with Crippen molar-refractivity contribution in [2.75, 3.05) is 17.7 Å². The number of rotatable bonds is 9. The number of aromatic nitrogens is 3. The number of esters is 1. The maximum atomic E-state index is 13.2. The molecule has 9 heteroatoms. The number of benzene rings is 2. The number of hydrogen-bond acceptors (Lipinski definition) is 7. The summed E-state index contributed by atoms with van der Waals surface area (Å²) in [5.41, 5.74) is 2.91. The molecule has 0 radical (unpaired) electrons. The minimum absolute atomic E-state index is 0.110. The van der Waals surface area contributed by atoms with E-state index in [2.05, 4.69) is 32.8 Å². The highest BCUT2D eigenvalue weighted by atomic mass is 79.9. The normalized spacial score (nSPS) is 14.9. The molecule has 0 saturated heterocycles. The van der Waals surface area contributed by atoms with E-state index in [0.717, 1.165) is 21.4 Å². The molecule has 1 aliphatic heterocycles. The number of halogens is 1. The van der Waals surface area contributed by atoms with Crippen LogP contribution in [-0.2, 0) is 16.1 Å². The molecule has 1 atom stereocenters. The Hall–Kier alpha value is -3.04. The lowest BCUT2D eigenvalue weighted by atomic mass is 9.95. The molecule has 0 fully saturated rings. The molecule has 1 aliphatic rings. The smallest absolute Gasteiger partial charge is 0.338 e. The van der Waals surface area contributed by atoms with Gasteiger partial charge in [0.05, 0.1) is 5.57 Å². The van der Waals surface area contributed by atoms with Crippen molar-refractivity contribution < 1.29 is 14.3 Å². The van der Waals surface area contributed by atoms with E-state index in [1.165, 1.54) is 11.8 Å². The summed E-state index contributed by atoms with van der Waals surface area (Å²) in [6.45, 7) is 8.03. The van der Waals surface area contributed by atoms with E-state index >= 15 is 0 Å². The lowest BCUT2D eigenvalue weighted by Crippen LogP contribution is -2.30. The fraction of sp³-hybridized carbons (Fsp3) is 0.240. The average molecular weight is 541 g/mol. The van der Waals surface area contributed by atoms with Crippen LogP contribution in [0.3, 0.4) is 0 Å². The van der Waals surface area contributed by atoms with Gasteiger partial charge in [0.25, 0.3) is 0 Å². The number of carbonyl (C=O) groups excluding carboxylic acids is 1. The van der Waals surface area contributed by atoms with E-state index in [1.54, 1.807) is 10.8 Å². The lowest BCUT2D eigenvalue weighted by Gasteiger charge is -2.29. The van der Waals surface area contributed by atoms with Gasteiger partial charge in [-0.15, -0.1) is 5.10 Å². The molecule has 0 amide bonds. The van der Waals surface area contributed by atoms with E-state index in [0.29, 0.717) is 34.7 Å². The van der Waals surface area contributed by atoms with Crippen LogP contribution in [0.4, 0.5) is 5.95 Å². The van der Waals surface area contributed by atoms with Crippen molar-refractivity contribution in [2.24, 2.45) is 0 Å². The van der Waals surface area contributed by atoms with Gasteiger partial charge in [0.15, 0.2) is 0 Å². The molecule has 0 spiro atoms. The second-order valence-electron chi connectivity index (χ2n) is 7.51. The first-order valence-corrected chi connectivity index (χ1v) is 12.6. The third kappa shape index (κ3) is 5.20. The highest BCUT2D eigenvalue weighted by molar-refractivity contribution is 9.10. The van der Waals surface area contributed by atoms with Gasteiger partial charge in [0.2, 0.25) is 11.1 Å². The Morgan fingerprint density at radius 3 is 2.82 bits per heavy atom. The Labute approximate surface area is 211 Å². The first kappa shape index (κ1) is 24.1. The Kier molecular flexibility index (Phi) is 7.74. The van der Waals surface area contributed by atoms with Crippen LogP contribution in [0.2, 0.25) is 0 Å². The first-order chi connectivity index (χ1) is 16.5. The van der Waals surface area contributed by atoms with Crippen LogP contribution in [0.5, 0.6) is 5.75 Å². The summed E-state index contributed by atoms with van der Waals surface area (Å²) < 4.78 is 14.3. The third-order valence-electron chi connectivity index (χ3n) is 5.16. The number of fused-ring (bicyclic) bond motifs is 1. The van der Waals surface area contributed by atoms with Crippen molar-refractivity contribution in [3.05, 3.63) is 88.1 Å². The highest BCUT2D eigenvalue weighted by Gasteiger charge is 2.37. The lowest BCUT2D eigenvalue weighted by molar-refractivity contribution is -0.138. The van der Waals surface area contributed by atoms with Gasteiger partial charge in [-0.1, -0.05) is 77.6 Å². The molecule has 4 rings (SSSR count). The number of nitrogens with zero attached hydrogens (tertiary/aromatic N) is 3. The zero-order chi connectivity index (χ0) is 24.1. The number of ether oxygens (including phenoxy) is 2. The van der Waals surface area contributed by atoms with E-state index in [4.69, 9.17) is 14.6 Å². The molecular formula is C25H25BrN4O3S. The summed E-state index contributed by atoms with van der Waals surface area (Å²) in [7, 11) is 0. The predicted octanol–water partition coefficient (Wildman–Crippen LogP) is 5.75. The second kappa shape index (κ2) is 10.9. The van der Waals surface area contributed by atoms with Crippen LogP contribution in [0.25, 0.3) is 0 Å². The fourth-order valence-corrected chi connectivity index (χ4v) is 4.62. The SMILES string of the molecule is C=CCOC(=O)C1=C(C)Nc2nc(SCC)nn2C1c1cc(Br)ccc1OCc1ccccc1. The van der Waals surface area contributed by atoms with E-state index in [1.807, 2.05) is 62.4 Å². The minimum Gasteiger partial charge on any atom is -0.489 e. The van der Waals surface area contributed by atoms with Gasteiger partial charge in [-0.3, -0.25) is 0 Å². The van der Waals surface area contributed by atoms with Gasteiger partial charge < -0.3 is 14.8 Å². The van der Waals surface area contributed by atoms with Crippen LogP contribution in [0, 0.1) is 0 Å². The molecule has 1 unspecified atom stereocenters. The Balaban J connectivity index is 1.81. The zero-order valence-electron chi connectivity index (χ0n) is 19.0. The number of hydrogen-bond donors (Lipinski definition) is 1. The van der Waals surface area contributed by atoms with E-state index < -0.39 is 12.0 Å². The molecule has 176 valence electrons. The van der Waals surface area contributed by atoms with Gasteiger partial charge in [-0.05, 0) is 36.4 Å². The zero-order valence-corrected chi connectivity index (χ0v) is 21.4. The summed E-state index contributed by atoms with van der Waals surface area (Å²) in [5.74, 6) is 1.59. The fourth-order valence-electron chi connectivity index (χ4n) is 3.69. The molecule has 0 saturated carbocycles. The summed E-state index contributed by atoms with van der Waals surface area (Å²) in [6, 6.07) is 15.1. The quantitative estimate of drug-likeness (QED) is 0.210. The van der Waals surface area contributed by atoms with Crippen molar-refractivity contribution in [1.82, 2.24) is 14.8 Å². The van der Waals surface area contributed by atoms with Crippen LogP contribution >= 0.6 is 27.7 Å². The molecule has 0 bridgehead atoms. The molecule has 3 aromatic rings. The van der Waals surface area contributed by atoms with Crippen LogP contribution in [0.15, 0.2) is 82.1 Å². The van der Waals surface area contributed by atoms with Crippen molar-refractivity contribution in [3.63, 3.8) is 0 Å². The Morgan fingerprint density at radius 2 is 2.09 bits per heavy atom. The van der Waals surface area contributed by atoms with Crippen LogP contribution < -0.4 is 10.1 Å². The molecule has 2 aromatic carbocycles. The molecule has 0 aliphatic carbocycles. The van der Waals surface area contributed by atoms with Crippen molar-refractivity contribution in [1.29, 1.82) is 0 Å². The summed E-state index contributed by atoms with van der Waals surface area (Å²) in [6.07, 6.45) is 1.55. The number of carbonyl (C=O) groups is 1. The first-order valence-electron chi connectivity index (χ1n) is 10.8.